The number of rotatable bonds is 6. The number of halogens is 1. The Bertz CT molecular complexity index is 1040. The minimum Gasteiger partial charge on any atom is -0.353 e. The molecule has 2 aromatic heterocycles. The molecule has 0 aliphatic heterocycles. The van der Waals surface area contributed by atoms with E-state index in [9.17, 15) is 14.0 Å². The van der Waals surface area contributed by atoms with Gasteiger partial charge in [-0.25, -0.2) is 9.37 Å². The summed E-state index contributed by atoms with van der Waals surface area (Å²) >= 11 is 1.17. The van der Waals surface area contributed by atoms with Gasteiger partial charge in [0.05, 0.1) is 17.0 Å². The molecule has 142 valence electrons. The number of fused-ring (bicyclic) bond motifs is 1. The Morgan fingerprint density at radius 1 is 1.41 bits per heavy atom. The first kappa shape index (κ1) is 19.2. The molecule has 0 radical (unpaired) electrons. The quantitative estimate of drug-likeness (QED) is 0.496. The van der Waals surface area contributed by atoms with Crippen LogP contribution < -0.4 is 10.9 Å². The van der Waals surface area contributed by atoms with Gasteiger partial charge in [0.25, 0.3) is 5.56 Å². The van der Waals surface area contributed by atoms with Crippen LogP contribution in [0.2, 0.25) is 0 Å². The van der Waals surface area contributed by atoms with Crippen molar-refractivity contribution < 1.29 is 9.18 Å². The number of hydrogen-bond donors (Lipinski definition) is 2. The number of anilines is 1. The van der Waals surface area contributed by atoms with Gasteiger partial charge in [-0.15, -0.1) is 0 Å². The third kappa shape index (κ3) is 4.05. The minimum absolute atomic E-state index is 0.0200. The smallest absolute Gasteiger partial charge is 0.278 e. The van der Waals surface area contributed by atoms with Crippen LogP contribution in [0.25, 0.3) is 11.0 Å². The molecule has 0 bridgehead atoms. The Labute approximate surface area is 160 Å². The van der Waals surface area contributed by atoms with Gasteiger partial charge in [-0.1, -0.05) is 30.8 Å². The van der Waals surface area contributed by atoms with Crippen LogP contribution in [0.4, 0.5) is 10.1 Å². The van der Waals surface area contributed by atoms with Crippen molar-refractivity contribution in [1.29, 1.82) is 0 Å². The molecule has 3 rings (SSSR count). The third-order valence-corrected chi connectivity index (χ3v) is 5.25. The number of carbonyl (C=O) groups excluding carboxylic acids is 1. The summed E-state index contributed by atoms with van der Waals surface area (Å²) in [5, 5.41) is 3.02. The van der Waals surface area contributed by atoms with E-state index in [4.69, 9.17) is 0 Å². The largest absolute Gasteiger partial charge is 0.353 e. The molecule has 0 saturated heterocycles. The predicted molar refractivity (Wildman–Crippen MR) is 106 cm³/mol. The minimum atomic E-state index is -0.491. The van der Waals surface area contributed by atoms with Crippen molar-refractivity contribution in [3.63, 3.8) is 0 Å². The van der Waals surface area contributed by atoms with Crippen LogP contribution in [-0.4, -0.2) is 26.2 Å². The van der Waals surface area contributed by atoms with Gasteiger partial charge >= 0.3 is 0 Å². The van der Waals surface area contributed by atoms with Gasteiger partial charge in [0.15, 0.2) is 5.16 Å². The number of carbonyl (C=O) groups is 1. The maximum Gasteiger partial charge on any atom is 0.278 e. The summed E-state index contributed by atoms with van der Waals surface area (Å²) in [6, 6.07) is 7.74. The van der Waals surface area contributed by atoms with Gasteiger partial charge in [0.1, 0.15) is 11.3 Å². The fourth-order valence-electron chi connectivity index (χ4n) is 2.74. The lowest BCUT2D eigenvalue weighted by atomic mass is 10.2. The highest BCUT2D eigenvalue weighted by atomic mass is 32.2. The van der Waals surface area contributed by atoms with Crippen molar-refractivity contribution >= 4 is 34.4 Å². The highest BCUT2D eigenvalue weighted by Gasteiger charge is 2.18. The molecule has 0 spiro atoms. The Morgan fingerprint density at radius 2 is 2.15 bits per heavy atom. The lowest BCUT2D eigenvalue weighted by Gasteiger charge is -2.17. The van der Waals surface area contributed by atoms with Crippen LogP contribution in [0, 0.1) is 12.7 Å². The monoisotopic (exact) mass is 388 g/mol. The Balaban J connectivity index is 1.86. The van der Waals surface area contributed by atoms with E-state index in [1.54, 1.807) is 22.8 Å². The molecule has 2 heterocycles. The van der Waals surface area contributed by atoms with Crippen molar-refractivity contribution in [3.8, 4) is 0 Å². The second-order valence-electron chi connectivity index (χ2n) is 6.36. The van der Waals surface area contributed by atoms with E-state index < -0.39 is 5.82 Å². The number of nitrogens with one attached hydrogen (secondary N) is 2. The second kappa shape index (κ2) is 7.96. The van der Waals surface area contributed by atoms with Crippen LogP contribution in [0.15, 0.2) is 40.3 Å². The summed E-state index contributed by atoms with van der Waals surface area (Å²) in [5.41, 5.74) is 1.87. The van der Waals surface area contributed by atoms with Crippen molar-refractivity contribution in [2.45, 2.75) is 38.4 Å². The summed E-state index contributed by atoms with van der Waals surface area (Å²) in [6.45, 7) is 5.79. The molecule has 0 aliphatic rings. The van der Waals surface area contributed by atoms with E-state index in [2.05, 4.69) is 15.3 Å². The topological polar surface area (TPSA) is 79.8 Å². The number of para-hydroxylation sites is 1. The van der Waals surface area contributed by atoms with Crippen molar-refractivity contribution in [3.05, 3.63) is 52.2 Å². The lowest BCUT2D eigenvalue weighted by Crippen LogP contribution is -2.26. The zero-order chi connectivity index (χ0) is 19.6. The van der Waals surface area contributed by atoms with E-state index >= 15 is 0 Å². The van der Waals surface area contributed by atoms with Crippen LogP contribution in [0.3, 0.4) is 0 Å². The number of aromatic nitrogens is 3. The molecule has 0 saturated carbocycles. The Kier molecular flexibility index (Phi) is 5.65. The Hall–Kier alpha value is -2.61. The highest BCUT2D eigenvalue weighted by Crippen LogP contribution is 2.23. The highest BCUT2D eigenvalue weighted by molar-refractivity contribution is 7.99. The summed E-state index contributed by atoms with van der Waals surface area (Å²) in [4.78, 5) is 32.7. The van der Waals surface area contributed by atoms with Gasteiger partial charge in [0.2, 0.25) is 5.91 Å². The van der Waals surface area contributed by atoms with Gasteiger partial charge in [0, 0.05) is 11.7 Å². The van der Waals surface area contributed by atoms with Crippen molar-refractivity contribution in [1.82, 2.24) is 14.5 Å². The molecule has 27 heavy (non-hydrogen) atoms. The first-order chi connectivity index (χ1) is 12.9. The molecule has 0 unspecified atom stereocenters. The number of thioether (sulfide) groups is 1. The first-order valence-electron chi connectivity index (χ1n) is 8.69. The molecular formula is C19H21FN4O2S. The zero-order valence-corrected chi connectivity index (χ0v) is 16.2. The van der Waals surface area contributed by atoms with Gasteiger partial charge in [-0.3, -0.25) is 14.2 Å². The van der Waals surface area contributed by atoms with Crippen LogP contribution in [0.1, 0.15) is 32.0 Å². The molecule has 0 fully saturated rings. The predicted octanol–water partition coefficient (Wildman–Crippen LogP) is 3.87. The SMILES string of the molecule is CC[C@H](C)n1c(SCC(=O)Nc2ccccc2F)nc2cc(C)[nH]c2c1=O. The fraction of sp³-hybridized carbons (Fsp3) is 0.316. The van der Waals surface area contributed by atoms with Gasteiger partial charge in [-0.2, -0.15) is 0 Å². The van der Waals surface area contributed by atoms with E-state index in [0.29, 0.717) is 16.2 Å². The fourth-order valence-corrected chi connectivity index (χ4v) is 3.64. The summed E-state index contributed by atoms with van der Waals surface area (Å²) in [7, 11) is 0. The summed E-state index contributed by atoms with van der Waals surface area (Å²) in [6.07, 6.45) is 0.752. The molecule has 1 amide bonds. The first-order valence-corrected chi connectivity index (χ1v) is 9.68. The molecule has 1 atom stereocenters. The lowest BCUT2D eigenvalue weighted by molar-refractivity contribution is -0.113. The van der Waals surface area contributed by atoms with Crippen LogP contribution in [0.5, 0.6) is 0 Å². The molecule has 1 aromatic carbocycles. The van der Waals surface area contributed by atoms with E-state index in [1.807, 2.05) is 20.8 Å². The van der Waals surface area contributed by atoms with Gasteiger partial charge in [-0.05, 0) is 38.5 Å². The maximum absolute atomic E-state index is 13.7. The number of amides is 1. The Morgan fingerprint density at radius 3 is 2.85 bits per heavy atom. The molecule has 0 aliphatic carbocycles. The maximum atomic E-state index is 13.7. The molecule has 2 N–H and O–H groups in total. The zero-order valence-electron chi connectivity index (χ0n) is 15.4. The van der Waals surface area contributed by atoms with Crippen LogP contribution >= 0.6 is 11.8 Å². The second-order valence-corrected chi connectivity index (χ2v) is 7.30. The summed E-state index contributed by atoms with van der Waals surface area (Å²) in [5.74, 6) is -0.832. The molecular weight excluding hydrogens is 367 g/mol. The number of nitrogens with zero attached hydrogens (tertiary/aromatic N) is 2. The third-order valence-electron chi connectivity index (χ3n) is 4.30. The van der Waals surface area contributed by atoms with Crippen molar-refractivity contribution in [2.75, 3.05) is 11.1 Å². The molecule has 8 heteroatoms. The molecule has 3 aromatic rings. The normalized spacial score (nSPS) is 12.3. The van der Waals surface area contributed by atoms with E-state index in [1.165, 1.54) is 23.9 Å². The van der Waals surface area contributed by atoms with Crippen LogP contribution in [-0.2, 0) is 4.79 Å². The van der Waals surface area contributed by atoms with Gasteiger partial charge < -0.3 is 10.3 Å². The number of aryl methyl sites for hydroxylation is 1. The summed E-state index contributed by atoms with van der Waals surface area (Å²) < 4.78 is 15.3. The number of hydrogen-bond acceptors (Lipinski definition) is 4. The van der Waals surface area contributed by atoms with E-state index in [0.717, 1.165) is 12.1 Å². The average molecular weight is 388 g/mol. The standard InChI is InChI=1S/C19H21FN4O2S/c1-4-12(3)24-18(26)17-15(9-11(2)21-17)23-19(24)27-10-16(25)22-14-8-6-5-7-13(14)20/h5-9,12,21H,4,10H2,1-3H3,(H,22,25)/t12-/m0/s1. The average Bonchev–Trinajstić information content (AvgIpc) is 3.02. The van der Waals surface area contributed by atoms with Crippen molar-refractivity contribution in [2.24, 2.45) is 0 Å². The number of H-pyrrole nitrogens is 1. The number of aromatic amines is 1. The number of benzene rings is 1. The molecule has 6 nitrogen and oxygen atoms in total. The van der Waals surface area contributed by atoms with E-state index in [-0.39, 0.29) is 28.9 Å².